The van der Waals surface area contributed by atoms with Gasteiger partial charge in [0, 0.05) is 24.9 Å². The summed E-state index contributed by atoms with van der Waals surface area (Å²) in [5.74, 6) is 0.380. The number of carbonyl (C=O) groups is 1. The predicted molar refractivity (Wildman–Crippen MR) is 79.3 cm³/mol. The highest BCUT2D eigenvalue weighted by Crippen LogP contribution is 2.44. The highest BCUT2D eigenvalue weighted by atomic mass is 35.5. The van der Waals surface area contributed by atoms with Gasteiger partial charge in [-0.15, -0.1) is 0 Å². The maximum Gasteiger partial charge on any atom is 0.137 e. The number of fused-ring (bicyclic) bond motifs is 2. The molecule has 2 unspecified atom stereocenters. The van der Waals surface area contributed by atoms with Crippen molar-refractivity contribution in [2.45, 2.75) is 51.1 Å². The lowest BCUT2D eigenvalue weighted by Gasteiger charge is -2.47. The Hall–Kier alpha value is -0.730. The normalized spacial score (nSPS) is 26.7. The highest BCUT2D eigenvalue weighted by molar-refractivity contribution is 6.39. The molecule has 0 amide bonds. The van der Waals surface area contributed by atoms with Gasteiger partial charge in [-0.1, -0.05) is 29.3 Å². The second kappa shape index (κ2) is 4.99. The summed E-state index contributed by atoms with van der Waals surface area (Å²) in [7, 11) is 0. The number of hydrogen-bond donors (Lipinski definition) is 0. The molecular formula is C15H17Cl2NO. The number of hydrogen-bond acceptors (Lipinski definition) is 2. The highest BCUT2D eigenvalue weighted by Gasteiger charge is 2.39. The fourth-order valence-corrected chi connectivity index (χ4v) is 3.98. The molecule has 2 aliphatic heterocycles. The molecule has 2 nitrogen and oxygen atoms in total. The van der Waals surface area contributed by atoms with Gasteiger partial charge in [0.25, 0.3) is 0 Å². The minimum atomic E-state index is 0.275. The zero-order chi connectivity index (χ0) is 13.6. The Morgan fingerprint density at radius 2 is 1.79 bits per heavy atom. The largest absolute Gasteiger partial charge is 0.362 e. The number of rotatable bonds is 1. The Bertz CT molecular complexity index is 513. The lowest BCUT2D eigenvalue weighted by Crippen LogP contribution is -2.52. The van der Waals surface area contributed by atoms with Gasteiger partial charge in [-0.25, -0.2) is 0 Å². The molecule has 2 bridgehead atoms. The Kier molecular flexibility index (Phi) is 3.48. The lowest BCUT2D eigenvalue weighted by atomic mass is 9.83. The molecular weight excluding hydrogens is 281 g/mol. The Morgan fingerprint density at radius 3 is 2.42 bits per heavy atom. The molecule has 2 heterocycles. The second-order valence-electron chi connectivity index (χ2n) is 5.62. The maximum atomic E-state index is 11.8. The Labute approximate surface area is 123 Å². The van der Waals surface area contributed by atoms with Crippen molar-refractivity contribution in [2.24, 2.45) is 0 Å². The standard InChI is InChI=1S/C15H17Cl2NO/c1-9-5-6-13(16)15(14(9)17)18-10-3-2-4-11(18)8-12(19)7-10/h5-6,10-11H,2-4,7-8H2,1H3. The summed E-state index contributed by atoms with van der Waals surface area (Å²) in [6.07, 6.45) is 4.58. The van der Waals surface area contributed by atoms with Crippen LogP contribution in [0.4, 0.5) is 5.69 Å². The van der Waals surface area contributed by atoms with Crippen LogP contribution in [0.15, 0.2) is 12.1 Å². The quantitative estimate of drug-likeness (QED) is 0.766. The summed E-state index contributed by atoms with van der Waals surface area (Å²) in [6, 6.07) is 4.40. The van der Waals surface area contributed by atoms with Gasteiger partial charge in [0.05, 0.1) is 15.7 Å². The molecule has 0 N–H and O–H groups in total. The molecule has 0 spiro atoms. The zero-order valence-corrected chi connectivity index (χ0v) is 12.5. The van der Waals surface area contributed by atoms with E-state index in [1.54, 1.807) is 0 Å². The van der Waals surface area contributed by atoms with Crippen molar-refractivity contribution < 1.29 is 4.79 Å². The van der Waals surface area contributed by atoms with Crippen molar-refractivity contribution in [3.8, 4) is 0 Å². The van der Waals surface area contributed by atoms with Gasteiger partial charge in [0.2, 0.25) is 0 Å². The Balaban J connectivity index is 2.06. The van der Waals surface area contributed by atoms with Gasteiger partial charge in [0.1, 0.15) is 5.78 Å². The van der Waals surface area contributed by atoms with Crippen LogP contribution in [0.25, 0.3) is 0 Å². The van der Waals surface area contributed by atoms with Crippen LogP contribution in [0.3, 0.4) is 0 Å². The molecule has 1 aromatic rings. The van der Waals surface area contributed by atoms with Gasteiger partial charge in [0.15, 0.2) is 0 Å². The van der Waals surface area contributed by atoms with E-state index in [0.717, 1.165) is 29.1 Å². The van der Waals surface area contributed by atoms with Gasteiger partial charge >= 0.3 is 0 Å². The topological polar surface area (TPSA) is 20.3 Å². The molecule has 0 aromatic heterocycles. The molecule has 0 saturated carbocycles. The maximum absolute atomic E-state index is 11.8. The number of anilines is 1. The van der Waals surface area contributed by atoms with E-state index in [2.05, 4.69) is 4.90 Å². The van der Waals surface area contributed by atoms with Crippen LogP contribution in [0.2, 0.25) is 10.0 Å². The zero-order valence-electron chi connectivity index (χ0n) is 11.0. The van der Waals surface area contributed by atoms with Gasteiger partial charge in [-0.05, 0) is 37.8 Å². The van der Waals surface area contributed by atoms with Crippen molar-refractivity contribution in [1.82, 2.24) is 0 Å². The lowest BCUT2D eigenvalue weighted by molar-refractivity contribution is -0.121. The van der Waals surface area contributed by atoms with Crippen LogP contribution >= 0.6 is 23.2 Å². The molecule has 4 heteroatoms. The number of Topliss-reactive ketones (excluding diaryl/α,β-unsaturated/α-hetero) is 1. The third-order valence-corrected chi connectivity index (χ3v) is 5.09. The smallest absolute Gasteiger partial charge is 0.137 e. The number of halogens is 2. The first-order valence-electron chi connectivity index (χ1n) is 6.82. The minimum Gasteiger partial charge on any atom is -0.362 e. The number of carbonyl (C=O) groups excluding carboxylic acids is 1. The van der Waals surface area contributed by atoms with E-state index in [0.29, 0.717) is 23.6 Å². The second-order valence-corrected chi connectivity index (χ2v) is 6.40. The minimum absolute atomic E-state index is 0.275. The van der Waals surface area contributed by atoms with Crippen molar-refractivity contribution in [1.29, 1.82) is 0 Å². The van der Waals surface area contributed by atoms with Crippen LogP contribution in [0, 0.1) is 6.92 Å². The van der Waals surface area contributed by atoms with E-state index < -0.39 is 0 Å². The van der Waals surface area contributed by atoms with E-state index >= 15 is 0 Å². The fourth-order valence-electron chi connectivity index (χ4n) is 3.42. The van der Waals surface area contributed by atoms with Crippen LogP contribution < -0.4 is 4.90 Å². The molecule has 1 aromatic carbocycles. The Morgan fingerprint density at radius 1 is 1.16 bits per heavy atom. The average molecular weight is 298 g/mol. The molecule has 0 radical (unpaired) electrons. The van der Waals surface area contributed by atoms with E-state index in [9.17, 15) is 4.79 Å². The summed E-state index contributed by atoms with van der Waals surface area (Å²) < 4.78 is 0. The van der Waals surface area contributed by atoms with Crippen molar-refractivity contribution in [3.05, 3.63) is 27.7 Å². The van der Waals surface area contributed by atoms with Crippen LogP contribution in [-0.4, -0.2) is 17.9 Å². The van der Waals surface area contributed by atoms with Crippen molar-refractivity contribution in [2.75, 3.05) is 4.90 Å². The van der Waals surface area contributed by atoms with E-state index in [1.807, 2.05) is 19.1 Å². The summed E-state index contributed by atoms with van der Waals surface area (Å²) >= 11 is 12.8. The summed E-state index contributed by atoms with van der Waals surface area (Å²) in [6.45, 7) is 1.99. The average Bonchev–Trinajstić information content (AvgIpc) is 2.35. The summed E-state index contributed by atoms with van der Waals surface area (Å²) in [5, 5.41) is 1.43. The van der Waals surface area contributed by atoms with E-state index in [1.165, 1.54) is 6.42 Å². The summed E-state index contributed by atoms with van der Waals surface area (Å²) in [4.78, 5) is 14.1. The SMILES string of the molecule is Cc1ccc(Cl)c(N2C3CCCC2CC(=O)C3)c1Cl. The number of benzene rings is 1. The molecule has 3 rings (SSSR count). The number of aryl methyl sites for hydroxylation is 1. The van der Waals surface area contributed by atoms with Gasteiger partial charge in [-0.2, -0.15) is 0 Å². The van der Waals surface area contributed by atoms with Crippen LogP contribution in [0.1, 0.15) is 37.7 Å². The third kappa shape index (κ3) is 2.25. The first-order chi connectivity index (χ1) is 9.08. The third-order valence-electron chi connectivity index (χ3n) is 4.31. The predicted octanol–water partition coefficient (Wildman–Crippen LogP) is 4.39. The van der Waals surface area contributed by atoms with E-state index in [-0.39, 0.29) is 12.1 Å². The molecule has 2 saturated heterocycles. The monoisotopic (exact) mass is 297 g/mol. The molecule has 2 atom stereocenters. The first-order valence-corrected chi connectivity index (χ1v) is 7.58. The number of ketones is 1. The molecule has 0 aliphatic carbocycles. The van der Waals surface area contributed by atoms with Crippen molar-refractivity contribution in [3.63, 3.8) is 0 Å². The van der Waals surface area contributed by atoms with Crippen LogP contribution in [-0.2, 0) is 4.79 Å². The van der Waals surface area contributed by atoms with E-state index in [4.69, 9.17) is 23.2 Å². The molecule has 19 heavy (non-hydrogen) atoms. The number of nitrogens with zero attached hydrogens (tertiary/aromatic N) is 1. The molecule has 2 fully saturated rings. The van der Waals surface area contributed by atoms with Gasteiger partial charge < -0.3 is 4.90 Å². The molecule has 102 valence electrons. The summed E-state index contributed by atoms with van der Waals surface area (Å²) in [5.41, 5.74) is 1.97. The van der Waals surface area contributed by atoms with Gasteiger partial charge in [-0.3, -0.25) is 4.79 Å². The first kappa shape index (κ1) is 13.3. The molecule has 2 aliphatic rings. The number of piperidine rings is 2. The van der Waals surface area contributed by atoms with Crippen molar-refractivity contribution >= 4 is 34.7 Å². The van der Waals surface area contributed by atoms with Crippen LogP contribution in [0.5, 0.6) is 0 Å². The fraction of sp³-hybridized carbons (Fsp3) is 0.533.